The van der Waals surface area contributed by atoms with Gasteiger partial charge in [-0.3, -0.25) is 0 Å². The minimum absolute atomic E-state index is 0.753. The van der Waals surface area contributed by atoms with Gasteiger partial charge in [0.1, 0.15) is 10.8 Å². The van der Waals surface area contributed by atoms with Crippen LogP contribution in [0.5, 0.6) is 0 Å². The lowest BCUT2D eigenvalue weighted by Crippen LogP contribution is -2.08. The summed E-state index contributed by atoms with van der Waals surface area (Å²) in [4.78, 5) is 6.05. The summed E-state index contributed by atoms with van der Waals surface area (Å²) in [6.07, 6.45) is 1.26. The van der Waals surface area contributed by atoms with E-state index >= 15 is 0 Å². The molecule has 0 bridgehead atoms. The molecule has 0 radical (unpaired) electrons. The van der Waals surface area contributed by atoms with Crippen molar-refractivity contribution in [1.29, 1.82) is 5.41 Å². The van der Waals surface area contributed by atoms with Crippen LogP contribution >= 0.6 is 11.3 Å². The fourth-order valence-electron chi connectivity index (χ4n) is 0.550. The van der Waals surface area contributed by atoms with E-state index in [0.717, 1.165) is 10.8 Å². The third-order valence-corrected chi connectivity index (χ3v) is 1.87. The van der Waals surface area contributed by atoms with Crippen LogP contribution in [-0.2, 0) is 0 Å². The lowest BCUT2D eigenvalue weighted by atomic mass is 10.7. The summed E-state index contributed by atoms with van der Waals surface area (Å²) in [5, 5.41) is 9.59. The number of rotatable bonds is 2. The van der Waals surface area contributed by atoms with Crippen LogP contribution in [0.1, 0.15) is 5.01 Å². The van der Waals surface area contributed by atoms with Gasteiger partial charge in [-0.25, -0.2) is 4.98 Å². The molecule has 4 heteroatoms. The summed E-state index contributed by atoms with van der Waals surface area (Å²) in [5.41, 5.74) is 0. The maximum atomic E-state index is 6.90. The quantitative estimate of drug-likeness (QED) is 0.652. The number of anilines is 1. The van der Waals surface area contributed by atoms with Gasteiger partial charge in [-0.2, -0.15) is 0 Å². The average Bonchev–Trinajstić information content (AvgIpc) is 2.34. The fourth-order valence-corrected chi connectivity index (χ4v) is 1.25. The zero-order valence-electron chi connectivity index (χ0n) is 5.96. The van der Waals surface area contributed by atoms with Gasteiger partial charge < -0.3 is 10.3 Å². The third kappa shape index (κ3) is 1.33. The van der Waals surface area contributed by atoms with Crippen LogP contribution in [0.4, 0.5) is 5.82 Å². The maximum Gasteiger partial charge on any atom is 0.139 e. The Hall–Kier alpha value is -0.900. The fraction of sp³-hybridized carbons (Fsp3) is 0.333. The van der Waals surface area contributed by atoms with Crippen molar-refractivity contribution in [3.8, 4) is 0 Å². The van der Waals surface area contributed by atoms with Crippen LogP contribution in [0.3, 0.4) is 0 Å². The molecule has 0 amide bonds. The molecule has 1 rings (SSSR count). The van der Waals surface area contributed by atoms with E-state index in [-0.39, 0.29) is 0 Å². The molecule has 0 aliphatic heterocycles. The minimum Gasteiger partial charge on any atom is -0.362 e. The van der Waals surface area contributed by atoms with E-state index in [1.165, 1.54) is 17.6 Å². The molecule has 1 heterocycles. The number of nitrogens with zero attached hydrogens (tertiary/aromatic N) is 2. The Balaban J connectivity index is 2.88. The van der Waals surface area contributed by atoms with Crippen molar-refractivity contribution in [2.24, 2.45) is 0 Å². The molecule has 0 aromatic carbocycles. The Morgan fingerprint density at radius 3 is 2.70 bits per heavy atom. The van der Waals surface area contributed by atoms with Crippen molar-refractivity contribution >= 4 is 23.4 Å². The molecule has 1 aromatic heterocycles. The average molecular weight is 155 g/mol. The molecular formula is C6H9N3S. The van der Waals surface area contributed by atoms with Crippen molar-refractivity contribution in [1.82, 2.24) is 4.98 Å². The second-order valence-corrected chi connectivity index (χ2v) is 2.97. The van der Waals surface area contributed by atoms with Gasteiger partial charge in [0.15, 0.2) is 0 Å². The standard InChI is InChI=1S/C6H9N3S/c1-9(2)5-4-10-6(3-7)8-5/h3-4,7H,1-2H3. The predicted octanol–water partition coefficient (Wildman–Crippen LogP) is 1.21. The molecule has 10 heavy (non-hydrogen) atoms. The topological polar surface area (TPSA) is 40.0 Å². The van der Waals surface area contributed by atoms with E-state index in [2.05, 4.69) is 4.98 Å². The van der Waals surface area contributed by atoms with E-state index < -0.39 is 0 Å². The molecule has 0 saturated carbocycles. The van der Waals surface area contributed by atoms with Crippen LogP contribution in [0.2, 0.25) is 0 Å². The maximum absolute atomic E-state index is 6.90. The Morgan fingerprint density at radius 2 is 2.40 bits per heavy atom. The predicted molar refractivity (Wildman–Crippen MR) is 44.3 cm³/mol. The molecule has 0 saturated heterocycles. The van der Waals surface area contributed by atoms with Crippen LogP contribution in [0, 0.1) is 5.41 Å². The summed E-state index contributed by atoms with van der Waals surface area (Å²) in [6, 6.07) is 0. The van der Waals surface area contributed by atoms with Crippen LogP contribution in [-0.4, -0.2) is 25.3 Å². The highest BCUT2D eigenvalue weighted by Gasteiger charge is 1.98. The Labute approximate surface area is 63.8 Å². The van der Waals surface area contributed by atoms with Gasteiger partial charge in [0.25, 0.3) is 0 Å². The lowest BCUT2D eigenvalue weighted by molar-refractivity contribution is 1.08. The first-order valence-electron chi connectivity index (χ1n) is 2.87. The van der Waals surface area contributed by atoms with Gasteiger partial charge in [0, 0.05) is 19.5 Å². The van der Waals surface area contributed by atoms with Gasteiger partial charge in [0.2, 0.25) is 0 Å². The molecule has 0 spiro atoms. The third-order valence-electron chi connectivity index (χ3n) is 1.09. The van der Waals surface area contributed by atoms with Crippen LogP contribution in [0.25, 0.3) is 0 Å². The Kier molecular flexibility index (Phi) is 2.01. The van der Waals surface area contributed by atoms with E-state index in [1.54, 1.807) is 0 Å². The van der Waals surface area contributed by atoms with E-state index in [4.69, 9.17) is 5.41 Å². The van der Waals surface area contributed by atoms with E-state index in [0.29, 0.717) is 0 Å². The molecule has 0 aliphatic carbocycles. The molecule has 0 fully saturated rings. The van der Waals surface area contributed by atoms with Crippen molar-refractivity contribution in [2.75, 3.05) is 19.0 Å². The SMILES string of the molecule is CN(C)c1csc(C=N)n1. The highest BCUT2D eigenvalue weighted by Crippen LogP contribution is 2.13. The number of hydrogen-bond donors (Lipinski definition) is 1. The summed E-state index contributed by atoms with van der Waals surface area (Å²) < 4.78 is 0. The summed E-state index contributed by atoms with van der Waals surface area (Å²) in [7, 11) is 3.87. The van der Waals surface area contributed by atoms with Gasteiger partial charge in [0.05, 0.1) is 6.21 Å². The number of nitrogens with one attached hydrogen (secondary N) is 1. The van der Waals surface area contributed by atoms with Crippen molar-refractivity contribution in [3.05, 3.63) is 10.4 Å². The number of aromatic nitrogens is 1. The summed E-state index contributed by atoms with van der Waals surface area (Å²) >= 11 is 1.48. The number of thiazole rings is 1. The first-order chi connectivity index (χ1) is 4.74. The zero-order chi connectivity index (χ0) is 7.56. The summed E-state index contributed by atoms with van der Waals surface area (Å²) in [6.45, 7) is 0. The van der Waals surface area contributed by atoms with Crippen molar-refractivity contribution in [3.63, 3.8) is 0 Å². The monoisotopic (exact) mass is 155 g/mol. The van der Waals surface area contributed by atoms with E-state index in [9.17, 15) is 0 Å². The lowest BCUT2D eigenvalue weighted by Gasteiger charge is -2.05. The van der Waals surface area contributed by atoms with Crippen molar-refractivity contribution in [2.45, 2.75) is 0 Å². The largest absolute Gasteiger partial charge is 0.362 e. The molecule has 3 nitrogen and oxygen atoms in total. The highest BCUT2D eigenvalue weighted by molar-refractivity contribution is 7.11. The van der Waals surface area contributed by atoms with E-state index in [1.807, 2.05) is 24.4 Å². The second-order valence-electron chi connectivity index (χ2n) is 2.08. The molecular weight excluding hydrogens is 146 g/mol. The molecule has 1 N–H and O–H groups in total. The first kappa shape index (κ1) is 7.21. The number of hydrogen-bond acceptors (Lipinski definition) is 4. The molecule has 1 aromatic rings. The Morgan fingerprint density at radius 1 is 1.70 bits per heavy atom. The van der Waals surface area contributed by atoms with Gasteiger partial charge in [-0.05, 0) is 0 Å². The normalized spacial score (nSPS) is 9.40. The molecule has 0 unspecified atom stereocenters. The minimum atomic E-state index is 0.753. The molecule has 54 valence electrons. The van der Waals surface area contributed by atoms with Crippen molar-refractivity contribution < 1.29 is 0 Å². The first-order valence-corrected chi connectivity index (χ1v) is 3.75. The second kappa shape index (κ2) is 2.79. The molecule has 0 atom stereocenters. The van der Waals surface area contributed by atoms with Gasteiger partial charge in [-0.15, -0.1) is 11.3 Å². The smallest absolute Gasteiger partial charge is 0.139 e. The van der Waals surface area contributed by atoms with Gasteiger partial charge in [-0.1, -0.05) is 0 Å². The Bertz CT molecular complexity index is 229. The summed E-state index contributed by atoms with van der Waals surface area (Å²) in [5.74, 6) is 0.920. The van der Waals surface area contributed by atoms with Crippen LogP contribution < -0.4 is 4.90 Å². The highest BCUT2D eigenvalue weighted by atomic mass is 32.1. The molecule has 0 aliphatic rings. The van der Waals surface area contributed by atoms with Crippen LogP contribution in [0.15, 0.2) is 5.38 Å². The zero-order valence-corrected chi connectivity index (χ0v) is 6.77. The van der Waals surface area contributed by atoms with Gasteiger partial charge >= 0.3 is 0 Å².